The molecule has 0 aromatic carbocycles. The minimum Gasteiger partial charge on any atom is -0.311 e. The van der Waals surface area contributed by atoms with E-state index in [1.54, 1.807) is 0 Å². The number of rotatable bonds is 5. The predicted molar refractivity (Wildman–Crippen MR) is 71.8 cm³/mol. The summed E-state index contributed by atoms with van der Waals surface area (Å²) in [6, 6.07) is 0.701. The van der Waals surface area contributed by atoms with Crippen LogP contribution < -0.4 is 5.32 Å². The quantitative estimate of drug-likeness (QED) is 0.775. The number of hydrogen-bond acceptors (Lipinski definition) is 2. The van der Waals surface area contributed by atoms with E-state index in [1.807, 2.05) is 0 Å². The van der Waals surface area contributed by atoms with Gasteiger partial charge in [0.1, 0.15) is 0 Å². The Bertz CT molecular complexity index is 203. The number of nitrogens with one attached hydrogen (secondary N) is 1. The Labute approximate surface area is 102 Å². The van der Waals surface area contributed by atoms with Gasteiger partial charge in [0.2, 0.25) is 0 Å². The van der Waals surface area contributed by atoms with Gasteiger partial charge in [0.05, 0.1) is 0 Å². The van der Waals surface area contributed by atoms with Crippen LogP contribution in [0.3, 0.4) is 0 Å². The van der Waals surface area contributed by atoms with Gasteiger partial charge in [0.15, 0.2) is 0 Å². The fourth-order valence-corrected chi connectivity index (χ4v) is 2.42. The number of nitrogens with zero attached hydrogens (tertiary/aromatic N) is 1. The molecular weight excluding hydrogens is 196 g/mol. The fraction of sp³-hybridized carbons (Fsp3) is 1.00. The zero-order chi connectivity index (χ0) is 12.2. The van der Waals surface area contributed by atoms with E-state index in [9.17, 15) is 0 Å². The smallest absolute Gasteiger partial charge is 0.0303 e. The summed E-state index contributed by atoms with van der Waals surface area (Å²) in [6.07, 6.45) is 3.82. The summed E-state index contributed by atoms with van der Waals surface area (Å²) in [6.45, 7) is 15.3. The van der Waals surface area contributed by atoms with Crippen LogP contribution in [0.2, 0.25) is 0 Å². The maximum absolute atomic E-state index is 3.69. The molecule has 1 N–H and O–H groups in total. The standard InChI is InChI=1S/C14H30N2/c1-6-13-10-16(9-8-12(3)4)14(5,7-2)11-15-13/h12-13,15H,6-11H2,1-5H3. The van der Waals surface area contributed by atoms with Crippen molar-refractivity contribution >= 4 is 0 Å². The van der Waals surface area contributed by atoms with Gasteiger partial charge >= 0.3 is 0 Å². The first-order valence-corrected chi connectivity index (χ1v) is 7.00. The molecule has 16 heavy (non-hydrogen) atoms. The van der Waals surface area contributed by atoms with Crippen molar-refractivity contribution in [1.82, 2.24) is 10.2 Å². The Morgan fingerprint density at radius 1 is 1.38 bits per heavy atom. The highest BCUT2D eigenvalue weighted by molar-refractivity contribution is 4.94. The minimum absolute atomic E-state index is 0.376. The van der Waals surface area contributed by atoms with Crippen LogP contribution in [-0.4, -0.2) is 36.1 Å². The zero-order valence-electron chi connectivity index (χ0n) is 11.8. The SMILES string of the molecule is CCC1CN(CCC(C)C)C(C)(CC)CN1. The lowest BCUT2D eigenvalue weighted by atomic mass is 9.91. The van der Waals surface area contributed by atoms with Crippen LogP contribution in [0, 0.1) is 5.92 Å². The van der Waals surface area contributed by atoms with Crippen LogP contribution in [0.25, 0.3) is 0 Å². The molecule has 0 amide bonds. The van der Waals surface area contributed by atoms with E-state index < -0.39 is 0 Å². The number of piperazine rings is 1. The van der Waals surface area contributed by atoms with Gasteiger partial charge in [-0.1, -0.05) is 27.7 Å². The van der Waals surface area contributed by atoms with E-state index in [4.69, 9.17) is 0 Å². The van der Waals surface area contributed by atoms with Crippen molar-refractivity contribution in [2.75, 3.05) is 19.6 Å². The van der Waals surface area contributed by atoms with E-state index in [-0.39, 0.29) is 0 Å². The molecule has 0 radical (unpaired) electrons. The molecule has 0 aliphatic carbocycles. The molecule has 1 aliphatic rings. The van der Waals surface area contributed by atoms with Crippen molar-refractivity contribution in [3.05, 3.63) is 0 Å². The summed E-state index contributed by atoms with van der Waals surface area (Å²) in [5, 5.41) is 3.69. The third-order valence-corrected chi connectivity index (χ3v) is 4.21. The van der Waals surface area contributed by atoms with E-state index >= 15 is 0 Å². The summed E-state index contributed by atoms with van der Waals surface area (Å²) >= 11 is 0. The van der Waals surface area contributed by atoms with Gasteiger partial charge in [-0.05, 0) is 38.6 Å². The largest absolute Gasteiger partial charge is 0.311 e. The first-order chi connectivity index (χ1) is 7.51. The summed E-state index contributed by atoms with van der Waals surface area (Å²) in [7, 11) is 0. The van der Waals surface area contributed by atoms with E-state index in [0.717, 1.165) is 12.5 Å². The summed E-state index contributed by atoms with van der Waals surface area (Å²) < 4.78 is 0. The van der Waals surface area contributed by atoms with Crippen molar-refractivity contribution in [2.24, 2.45) is 5.92 Å². The van der Waals surface area contributed by atoms with Crippen LogP contribution in [0.4, 0.5) is 0 Å². The maximum Gasteiger partial charge on any atom is 0.0303 e. The summed E-state index contributed by atoms with van der Waals surface area (Å²) in [5.74, 6) is 0.816. The topological polar surface area (TPSA) is 15.3 Å². The zero-order valence-corrected chi connectivity index (χ0v) is 11.8. The van der Waals surface area contributed by atoms with Gasteiger partial charge in [-0.25, -0.2) is 0 Å². The summed E-state index contributed by atoms with van der Waals surface area (Å²) in [4.78, 5) is 2.72. The molecule has 1 aliphatic heterocycles. The van der Waals surface area contributed by atoms with Crippen LogP contribution in [-0.2, 0) is 0 Å². The summed E-state index contributed by atoms with van der Waals surface area (Å²) in [5.41, 5.74) is 0.376. The Balaban J connectivity index is 2.57. The first kappa shape index (κ1) is 14.0. The van der Waals surface area contributed by atoms with Crippen molar-refractivity contribution in [3.63, 3.8) is 0 Å². The Kier molecular flexibility index (Phi) is 5.26. The van der Waals surface area contributed by atoms with E-state index in [0.29, 0.717) is 11.6 Å². The molecule has 2 nitrogen and oxygen atoms in total. The molecule has 0 spiro atoms. The van der Waals surface area contributed by atoms with Crippen LogP contribution in [0.1, 0.15) is 53.9 Å². The van der Waals surface area contributed by atoms with Gasteiger partial charge in [0, 0.05) is 24.7 Å². The van der Waals surface area contributed by atoms with Gasteiger partial charge in [0.25, 0.3) is 0 Å². The van der Waals surface area contributed by atoms with Crippen LogP contribution in [0.15, 0.2) is 0 Å². The molecule has 2 unspecified atom stereocenters. The highest BCUT2D eigenvalue weighted by atomic mass is 15.3. The molecular formula is C14H30N2. The molecule has 0 saturated carbocycles. The minimum atomic E-state index is 0.376. The van der Waals surface area contributed by atoms with Crippen LogP contribution in [0.5, 0.6) is 0 Å². The molecule has 1 rings (SSSR count). The molecule has 2 atom stereocenters. The molecule has 96 valence electrons. The van der Waals surface area contributed by atoms with Crippen LogP contribution >= 0.6 is 0 Å². The molecule has 0 aromatic heterocycles. The van der Waals surface area contributed by atoms with Crippen molar-refractivity contribution in [2.45, 2.75) is 65.5 Å². The van der Waals surface area contributed by atoms with Gasteiger partial charge in [-0.3, -0.25) is 4.90 Å². The van der Waals surface area contributed by atoms with Crippen molar-refractivity contribution in [3.8, 4) is 0 Å². The lowest BCUT2D eigenvalue weighted by Gasteiger charge is -2.48. The van der Waals surface area contributed by atoms with Crippen molar-refractivity contribution in [1.29, 1.82) is 0 Å². The average molecular weight is 226 g/mol. The molecule has 1 heterocycles. The monoisotopic (exact) mass is 226 g/mol. The predicted octanol–water partition coefficient (Wildman–Crippen LogP) is 2.89. The fourth-order valence-electron chi connectivity index (χ4n) is 2.42. The molecule has 1 saturated heterocycles. The van der Waals surface area contributed by atoms with E-state index in [1.165, 1.54) is 32.4 Å². The second kappa shape index (κ2) is 6.02. The normalized spacial score (nSPS) is 32.2. The van der Waals surface area contributed by atoms with E-state index in [2.05, 4.69) is 44.8 Å². The molecule has 0 bridgehead atoms. The highest BCUT2D eigenvalue weighted by Crippen LogP contribution is 2.24. The van der Waals surface area contributed by atoms with Gasteiger partial charge in [-0.15, -0.1) is 0 Å². The Hall–Kier alpha value is -0.0800. The lowest BCUT2D eigenvalue weighted by Crippen LogP contribution is -2.63. The van der Waals surface area contributed by atoms with Crippen molar-refractivity contribution < 1.29 is 0 Å². The first-order valence-electron chi connectivity index (χ1n) is 7.00. The highest BCUT2D eigenvalue weighted by Gasteiger charge is 2.35. The third-order valence-electron chi connectivity index (χ3n) is 4.21. The van der Waals surface area contributed by atoms with Gasteiger partial charge < -0.3 is 5.32 Å². The lowest BCUT2D eigenvalue weighted by molar-refractivity contribution is 0.0442. The second-order valence-corrected chi connectivity index (χ2v) is 5.97. The maximum atomic E-state index is 3.69. The Morgan fingerprint density at radius 3 is 2.56 bits per heavy atom. The number of hydrogen-bond donors (Lipinski definition) is 1. The molecule has 1 fully saturated rings. The average Bonchev–Trinajstić information content (AvgIpc) is 2.28. The Morgan fingerprint density at radius 2 is 2.06 bits per heavy atom. The molecule has 2 heteroatoms. The molecule has 0 aromatic rings. The van der Waals surface area contributed by atoms with Gasteiger partial charge in [-0.2, -0.15) is 0 Å². The third kappa shape index (κ3) is 3.46. The second-order valence-electron chi connectivity index (χ2n) is 5.97.